The first-order valence-corrected chi connectivity index (χ1v) is 11.7. The monoisotopic (exact) mass is 503 g/mol. The zero-order valence-corrected chi connectivity index (χ0v) is 20.4. The van der Waals surface area contributed by atoms with Crippen molar-refractivity contribution in [2.75, 3.05) is 16.8 Å². The Labute approximate surface area is 211 Å². The summed E-state index contributed by atoms with van der Waals surface area (Å²) in [5, 5.41) is 3.29. The van der Waals surface area contributed by atoms with Crippen molar-refractivity contribution in [1.82, 2.24) is 14.5 Å². The lowest BCUT2D eigenvalue weighted by atomic mass is 10.1. The average Bonchev–Trinajstić information content (AvgIpc) is 3.29. The van der Waals surface area contributed by atoms with Gasteiger partial charge in [0.2, 0.25) is 11.3 Å². The van der Waals surface area contributed by atoms with Crippen LogP contribution in [0.2, 0.25) is 5.02 Å². The van der Waals surface area contributed by atoms with Gasteiger partial charge in [0.05, 0.1) is 47.0 Å². The summed E-state index contributed by atoms with van der Waals surface area (Å²) in [6.07, 6.45) is 4.76. The molecule has 10 heteroatoms. The van der Waals surface area contributed by atoms with Crippen molar-refractivity contribution < 1.29 is 14.3 Å². The van der Waals surface area contributed by atoms with Gasteiger partial charge in [0.15, 0.2) is 0 Å². The number of amides is 1. The van der Waals surface area contributed by atoms with Crippen molar-refractivity contribution in [3.8, 4) is 5.69 Å². The molecular formula is C26H22ClN5O4. The average molecular weight is 504 g/mol. The number of pyridine rings is 3. The summed E-state index contributed by atoms with van der Waals surface area (Å²) in [6.45, 7) is 4.42. The van der Waals surface area contributed by atoms with Crippen LogP contribution in [0.25, 0.3) is 16.6 Å². The number of nitrogens with one attached hydrogen (secondary N) is 1. The Hall–Kier alpha value is -4.24. The summed E-state index contributed by atoms with van der Waals surface area (Å²) < 4.78 is 6.82. The predicted molar refractivity (Wildman–Crippen MR) is 137 cm³/mol. The third-order valence-corrected chi connectivity index (χ3v) is 6.23. The molecule has 0 saturated heterocycles. The number of halogens is 1. The molecule has 0 atom stereocenters. The van der Waals surface area contributed by atoms with Gasteiger partial charge in [0.25, 0.3) is 0 Å². The van der Waals surface area contributed by atoms with E-state index < -0.39 is 11.4 Å². The Morgan fingerprint density at radius 1 is 1.17 bits per heavy atom. The van der Waals surface area contributed by atoms with Crippen LogP contribution in [0.4, 0.5) is 11.5 Å². The Bertz CT molecular complexity index is 1540. The van der Waals surface area contributed by atoms with Gasteiger partial charge < -0.3 is 19.5 Å². The number of anilines is 2. The van der Waals surface area contributed by atoms with Crippen LogP contribution in [0, 0.1) is 0 Å². The van der Waals surface area contributed by atoms with Crippen LogP contribution in [-0.4, -0.2) is 33.0 Å². The minimum absolute atomic E-state index is 0.114. The molecule has 1 aliphatic rings. The van der Waals surface area contributed by atoms with Crippen LogP contribution in [0.15, 0.2) is 59.8 Å². The molecule has 0 bridgehead atoms. The van der Waals surface area contributed by atoms with Crippen LogP contribution in [0.1, 0.15) is 35.5 Å². The zero-order chi connectivity index (χ0) is 25.4. The van der Waals surface area contributed by atoms with E-state index in [9.17, 15) is 14.4 Å². The van der Waals surface area contributed by atoms with Crippen molar-refractivity contribution in [1.29, 1.82) is 0 Å². The van der Waals surface area contributed by atoms with Crippen LogP contribution < -0.4 is 15.6 Å². The number of ether oxygens (including phenoxy) is 1. The Kier molecular flexibility index (Phi) is 6.15. The number of hydrogen-bond donors (Lipinski definition) is 1. The van der Waals surface area contributed by atoms with Crippen LogP contribution in [0.5, 0.6) is 0 Å². The summed E-state index contributed by atoms with van der Waals surface area (Å²) in [6, 6.07) is 10.7. The SMILES string of the molecule is CCOC(=O)c1cn(-c2ccc(NC(C)=O)nc2)c2cc(N3Cc4cccnc4C3)c(Cl)cc2c1=O. The minimum atomic E-state index is -0.720. The number of nitrogens with zero attached hydrogens (tertiary/aromatic N) is 4. The van der Waals surface area contributed by atoms with E-state index in [1.54, 1.807) is 42.1 Å². The lowest BCUT2D eigenvalue weighted by molar-refractivity contribution is -0.114. The highest BCUT2D eigenvalue weighted by Crippen LogP contribution is 2.35. The molecule has 3 aromatic heterocycles. The molecule has 182 valence electrons. The maximum Gasteiger partial charge on any atom is 0.343 e. The fraction of sp³-hybridized carbons (Fsp3) is 0.192. The first-order valence-electron chi connectivity index (χ1n) is 11.3. The van der Waals surface area contributed by atoms with E-state index in [0.29, 0.717) is 35.1 Å². The van der Waals surface area contributed by atoms with E-state index in [0.717, 1.165) is 16.9 Å². The van der Waals surface area contributed by atoms with Gasteiger partial charge >= 0.3 is 5.97 Å². The number of esters is 1. The summed E-state index contributed by atoms with van der Waals surface area (Å²) in [7, 11) is 0. The molecule has 1 aromatic carbocycles. The largest absolute Gasteiger partial charge is 0.462 e. The number of fused-ring (bicyclic) bond motifs is 2. The number of hydrogen-bond acceptors (Lipinski definition) is 7. The summed E-state index contributed by atoms with van der Waals surface area (Å²) in [4.78, 5) is 48.1. The molecule has 4 heterocycles. The van der Waals surface area contributed by atoms with Gasteiger partial charge in [-0.05, 0) is 42.8 Å². The standard InChI is InChI=1S/C26H22ClN5O4/c1-3-36-26(35)19-13-32(17-6-7-24(29-11-17)30-15(2)33)22-10-23(20(27)9-18(22)25(19)34)31-12-16-5-4-8-28-21(16)14-31/h4-11,13H,3,12,14H2,1-2H3,(H,29,30,33). The topological polar surface area (TPSA) is 106 Å². The van der Waals surface area contributed by atoms with Gasteiger partial charge in [-0.2, -0.15) is 0 Å². The van der Waals surface area contributed by atoms with Gasteiger partial charge in [0.1, 0.15) is 11.4 Å². The first-order chi connectivity index (χ1) is 17.4. The highest BCUT2D eigenvalue weighted by molar-refractivity contribution is 6.34. The number of carbonyl (C=O) groups is 2. The Morgan fingerprint density at radius 2 is 2.00 bits per heavy atom. The van der Waals surface area contributed by atoms with Gasteiger partial charge in [0, 0.05) is 31.2 Å². The maximum absolute atomic E-state index is 13.3. The van der Waals surface area contributed by atoms with E-state index >= 15 is 0 Å². The lowest BCUT2D eigenvalue weighted by Crippen LogP contribution is -2.21. The number of benzene rings is 1. The molecule has 4 aromatic rings. The molecule has 1 N–H and O–H groups in total. The fourth-order valence-electron chi connectivity index (χ4n) is 4.30. The normalized spacial score (nSPS) is 12.5. The Balaban J connectivity index is 1.68. The van der Waals surface area contributed by atoms with Gasteiger partial charge in [-0.3, -0.25) is 14.6 Å². The molecule has 0 unspecified atom stereocenters. The molecule has 1 amide bonds. The highest BCUT2D eigenvalue weighted by Gasteiger charge is 2.24. The molecule has 36 heavy (non-hydrogen) atoms. The van der Waals surface area contributed by atoms with Crippen molar-refractivity contribution in [2.24, 2.45) is 0 Å². The molecule has 5 rings (SSSR count). The quantitative estimate of drug-likeness (QED) is 0.409. The minimum Gasteiger partial charge on any atom is -0.462 e. The summed E-state index contributed by atoms with van der Waals surface area (Å²) >= 11 is 6.68. The maximum atomic E-state index is 13.3. The van der Waals surface area contributed by atoms with Crippen molar-refractivity contribution in [3.63, 3.8) is 0 Å². The first kappa shape index (κ1) is 23.5. The lowest BCUT2D eigenvalue weighted by Gasteiger charge is -2.21. The molecular weight excluding hydrogens is 482 g/mol. The van der Waals surface area contributed by atoms with Crippen molar-refractivity contribution in [3.05, 3.63) is 87.1 Å². The second-order valence-corrected chi connectivity index (χ2v) is 8.74. The molecule has 0 spiro atoms. The van der Waals surface area contributed by atoms with Gasteiger partial charge in [-0.25, -0.2) is 9.78 Å². The van der Waals surface area contributed by atoms with E-state index in [4.69, 9.17) is 16.3 Å². The van der Waals surface area contributed by atoms with Crippen LogP contribution in [-0.2, 0) is 22.6 Å². The smallest absolute Gasteiger partial charge is 0.343 e. The van der Waals surface area contributed by atoms with Crippen molar-refractivity contribution >= 4 is 45.9 Å². The number of aromatic nitrogens is 3. The van der Waals surface area contributed by atoms with E-state index in [2.05, 4.69) is 20.2 Å². The molecule has 9 nitrogen and oxygen atoms in total. The van der Waals surface area contributed by atoms with E-state index in [1.165, 1.54) is 13.1 Å². The van der Waals surface area contributed by atoms with E-state index in [1.807, 2.05) is 18.2 Å². The van der Waals surface area contributed by atoms with E-state index in [-0.39, 0.29) is 23.5 Å². The van der Waals surface area contributed by atoms with Gasteiger partial charge in [-0.15, -0.1) is 0 Å². The predicted octanol–water partition coefficient (Wildman–Crippen LogP) is 4.09. The van der Waals surface area contributed by atoms with Crippen LogP contribution >= 0.6 is 11.6 Å². The second-order valence-electron chi connectivity index (χ2n) is 8.33. The Morgan fingerprint density at radius 3 is 2.69 bits per heavy atom. The molecule has 0 fully saturated rings. The third kappa shape index (κ3) is 4.29. The summed E-state index contributed by atoms with van der Waals surface area (Å²) in [5.41, 5.74) is 3.37. The molecule has 0 aliphatic carbocycles. The molecule has 1 aliphatic heterocycles. The van der Waals surface area contributed by atoms with Crippen molar-refractivity contribution in [2.45, 2.75) is 26.9 Å². The van der Waals surface area contributed by atoms with Gasteiger partial charge in [-0.1, -0.05) is 17.7 Å². The fourth-order valence-corrected chi connectivity index (χ4v) is 4.58. The number of rotatable bonds is 5. The highest BCUT2D eigenvalue weighted by atomic mass is 35.5. The van der Waals surface area contributed by atoms with Crippen LogP contribution in [0.3, 0.4) is 0 Å². The number of carbonyl (C=O) groups excluding carboxylic acids is 2. The second kappa shape index (κ2) is 9.43. The summed E-state index contributed by atoms with van der Waals surface area (Å²) in [5.74, 6) is -0.579. The molecule has 0 saturated carbocycles. The third-order valence-electron chi connectivity index (χ3n) is 5.92. The molecule has 0 radical (unpaired) electrons. The zero-order valence-electron chi connectivity index (χ0n) is 19.6.